The van der Waals surface area contributed by atoms with Gasteiger partial charge in [-0.1, -0.05) is 24.3 Å². The number of rotatable bonds is 5. The number of nitrogens with zero attached hydrogens (tertiary/aromatic N) is 1. The molecule has 0 saturated heterocycles. The number of hydrogen-bond donors (Lipinski definition) is 0. The van der Waals surface area contributed by atoms with Crippen LogP contribution in [-0.4, -0.2) is 40.6 Å². The average Bonchev–Trinajstić information content (AvgIpc) is 2.37. The first-order valence-corrected chi connectivity index (χ1v) is 8.44. The molecule has 0 radical (unpaired) electrons. The third-order valence-corrected chi connectivity index (χ3v) is 4.28. The zero-order valence-corrected chi connectivity index (χ0v) is 12.9. The van der Waals surface area contributed by atoms with Crippen molar-refractivity contribution in [2.45, 2.75) is 4.90 Å². The molecule has 0 aliphatic rings. The Kier molecular flexibility index (Phi) is 4.52. The third kappa shape index (κ3) is 3.42. The first kappa shape index (κ1) is 15.1. The van der Waals surface area contributed by atoms with Gasteiger partial charge in [-0.05, 0) is 26.2 Å². The van der Waals surface area contributed by atoms with Crippen LogP contribution < -0.4 is 4.74 Å². The number of halogens is 1. The highest BCUT2D eigenvalue weighted by molar-refractivity contribution is 8.14. The lowest BCUT2D eigenvalue weighted by atomic mass is 10.1. The molecule has 0 amide bonds. The molecule has 0 heterocycles. The van der Waals surface area contributed by atoms with E-state index in [0.29, 0.717) is 17.7 Å². The second-order valence-electron chi connectivity index (χ2n) is 4.70. The molecule has 0 atom stereocenters. The molecular formula is C14H16ClNO3S. The molecule has 108 valence electrons. The Morgan fingerprint density at radius 1 is 1.10 bits per heavy atom. The molecule has 6 heteroatoms. The molecule has 0 spiro atoms. The minimum Gasteiger partial charge on any atom is -0.492 e. The van der Waals surface area contributed by atoms with Crippen molar-refractivity contribution in [3.8, 4) is 5.75 Å². The molecule has 0 fully saturated rings. The molecule has 4 nitrogen and oxygen atoms in total. The predicted octanol–water partition coefficient (Wildman–Crippen LogP) is 2.71. The van der Waals surface area contributed by atoms with Gasteiger partial charge in [-0.2, -0.15) is 0 Å². The highest BCUT2D eigenvalue weighted by Crippen LogP contribution is 2.32. The summed E-state index contributed by atoms with van der Waals surface area (Å²) in [6.07, 6.45) is 0. The molecule has 2 rings (SSSR count). The Balaban J connectivity index is 2.44. The summed E-state index contributed by atoms with van der Waals surface area (Å²) < 4.78 is 28.9. The molecule has 0 bridgehead atoms. The summed E-state index contributed by atoms with van der Waals surface area (Å²) in [6.45, 7) is 1.31. The van der Waals surface area contributed by atoms with Gasteiger partial charge in [0.1, 0.15) is 12.4 Å². The molecule has 20 heavy (non-hydrogen) atoms. The second kappa shape index (κ2) is 5.99. The standard InChI is InChI=1S/C14H16ClNO3S/c1-16(2)9-10-19-13-7-8-14(20(15,17)18)12-6-4-3-5-11(12)13/h3-8H,9-10H2,1-2H3. The van der Waals surface area contributed by atoms with Gasteiger partial charge < -0.3 is 9.64 Å². The molecular weight excluding hydrogens is 298 g/mol. The Labute approximate surface area is 123 Å². The van der Waals surface area contributed by atoms with Crippen LogP contribution in [0.2, 0.25) is 0 Å². The third-order valence-electron chi connectivity index (χ3n) is 2.90. The normalized spacial score (nSPS) is 12.0. The predicted molar refractivity (Wildman–Crippen MR) is 81.0 cm³/mol. The van der Waals surface area contributed by atoms with Gasteiger partial charge in [-0.25, -0.2) is 8.42 Å². The number of likely N-dealkylation sites (N-methyl/N-ethyl adjacent to an activating group) is 1. The van der Waals surface area contributed by atoms with Gasteiger partial charge in [-0.15, -0.1) is 0 Å². The van der Waals surface area contributed by atoms with Crippen molar-refractivity contribution in [1.29, 1.82) is 0 Å². The first-order chi connectivity index (χ1) is 9.39. The quantitative estimate of drug-likeness (QED) is 0.796. The summed E-state index contributed by atoms with van der Waals surface area (Å²) in [7, 11) is 5.61. The minimum atomic E-state index is -3.77. The van der Waals surface area contributed by atoms with Crippen molar-refractivity contribution in [3.05, 3.63) is 36.4 Å². The van der Waals surface area contributed by atoms with Crippen molar-refractivity contribution < 1.29 is 13.2 Å². The fourth-order valence-corrected chi connectivity index (χ4v) is 3.00. The van der Waals surface area contributed by atoms with E-state index in [-0.39, 0.29) is 4.90 Å². The van der Waals surface area contributed by atoms with Crippen molar-refractivity contribution in [2.24, 2.45) is 0 Å². The second-order valence-corrected chi connectivity index (χ2v) is 7.23. The van der Waals surface area contributed by atoms with Crippen LogP contribution in [-0.2, 0) is 9.05 Å². The lowest BCUT2D eigenvalue weighted by Gasteiger charge is -2.13. The molecule has 0 aromatic heterocycles. The molecule has 0 aliphatic carbocycles. The fraction of sp³-hybridized carbons (Fsp3) is 0.286. The summed E-state index contributed by atoms with van der Waals surface area (Å²) >= 11 is 0. The lowest BCUT2D eigenvalue weighted by molar-refractivity contribution is 0.263. The topological polar surface area (TPSA) is 46.6 Å². The zero-order valence-electron chi connectivity index (χ0n) is 11.3. The molecule has 0 aliphatic heterocycles. The summed E-state index contributed by atoms with van der Waals surface area (Å²) in [5.41, 5.74) is 0. The van der Waals surface area contributed by atoms with Crippen molar-refractivity contribution in [1.82, 2.24) is 4.90 Å². The van der Waals surface area contributed by atoms with Crippen LogP contribution in [0, 0.1) is 0 Å². The minimum absolute atomic E-state index is 0.106. The van der Waals surface area contributed by atoms with E-state index in [1.54, 1.807) is 18.2 Å². The van der Waals surface area contributed by atoms with E-state index < -0.39 is 9.05 Å². The van der Waals surface area contributed by atoms with Gasteiger partial charge in [0.05, 0.1) is 4.90 Å². The number of benzene rings is 2. The largest absolute Gasteiger partial charge is 0.492 e. The summed E-state index contributed by atoms with van der Waals surface area (Å²) in [5.74, 6) is 0.659. The molecule has 2 aromatic carbocycles. The van der Waals surface area contributed by atoms with Crippen LogP contribution in [0.3, 0.4) is 0 Å². The van der Waals surface area contributed by atoms with Gasteiger partial charge in [0, 0.05) is 28.0 Å². The van der Waals surface area contributed by atoms with Gasteiger partial charge in [0.15, 0.2) is 0 Å². The lowest BCUT2D eigenvalue weighted by Crippen LogP contribution is -2.19. The maximum absolute atomic E-state index is 11.6. The molecule has 0 unspecified atom stereocenters. The molecule has 0 saturated carbocycles. The molecule has 0 N–H and O–H groups in total. The van der Waals surface area contributed by atoms with E-state index in [0.717, 1.165) is 11.9 Å². The van der Waals surface area contributed by atoms with E-state index in [9.17, 15) is 8.42 Å². The fourth-order valence-electron chi connectivity index (χ4n) is 1.92. The number of fused-ring (bicyclic) bond motifs is 1. The van der Waals surface area contributed by atoms with E-state index in [2.05, 4.69) is 0 Å². The van der Waals surface area contributed by atoms with Crippen molar-refractivity contribution >= 4 is 30.5 Å². The smallest absolute Gasteiger partial charge is 0.261 e. The summed E-state index contributed by atoms with van der Waals surface area (Å²) in [4.78, 5) is 2.12. The molecule has 2 aromatic rings. The van der Waals surface area contributed by atoms with Crippen LogP contribution in [0.5, 0.6) is 5.75 Å². The van der Waals surface area contributed by atoms with Crippen LogP contribution in [0.1, 0.15) is 0 Å². The van der Waals surface area contributed by atoms with Gasteiger partial charge >= 0.3 is 0 Å². The Hall–Kier alpha value is -1.30. The number of ether oxygens (including phenoxy) is 1. The van der Waals surface area contributed by atoms with E-state index in [1.807, 2.05) is 31.1 Å². The van der Waals surface area contributed by atoms with Gasteiger partial charge in [0.2, 0.25) is 0 Å². The first-order valence-electron chi connectivity index (χ1n) is 6.13. The van der Waals surface area contributed by atoms with Gasteiger partial charge in [0.25, 0.3) is 9.05 Å². The van der Waals surface area contributed by atoms with E-state index >= 15 is 0 Å². The Morgan fingerprint density at radius 2 is 1.75 bits per heavy atom. The van der Waals surface area contributed by atoms with E-state index in [4.69, 9.17) is 15.4 Å². The van der Waals surface area contributed by atoms with Crippen LogP contribution in [0.4, 0.5) is 0 Å². The van der Waals surface area contributed by atoms with Crippen LogP contribution in [0.15, 0.2) is 41.3 Å². The van der Waals surface area contributed by atoms with Crippen molar-refractivity contribution in [3.63, 3.8) is 0 Å². The Morgan fingerprint density at radius 3 is 2.35 bits per heavy atom. The van der Waals surface area contributed by atoms with Gasteiger partial charge in [-0.3, -0.25) is 0 Å². The Bertz CT molecular complexity index is 713. The average molecular weight is 314 g/mol. The maximum Gasteiger partial charge on any atom is 0.261 e. The SMILES string of the molecule is CN(C)CCOc1ccc(S(=O)(=O)Cl)c2ccccc12. The monoisotopic (exact) mass is 313 g/mol. The summed E-state index contributed by atoms with van der Waals surface area (Å²) in [6, 6.07) is 10.3. The van der Waals surface area contributed by atoms with Crippen LogP contribution >= 0.6 is 10.7 Å². The highest BCUT2D eigenvalue weighted by Gasteiger charge is 2.16. The highest BCUT2D eigenvalue weighted by atomic mass is 35.7. The summed E-state index contributed by atoms with van der Waals surface area (Å²) in [5, 5.41) is 1.32. The van der Waals surface area contributed by atoms with E-state index in [1.165, 1.54) is 6.07 Å². The van der Waals surface area contributed by atoms with Crippen LogP contribution in [0.25, 0.3) is 10.8 Å². The maximum atomic E-state index is 11.6. The zero-order chi connectivity index (χ0) is 14.8. The van der Waals surface area contributed by atoms with Crippen molar-refractivity contribution in [2.75, 3.05) is 27.2 Å². The number of hydrogen-bond acceptors (Lipinski definition) is 4.